The van der Waals surface area contributed by atoms with Gasteiger partial charge in [-0.15, -0.1) is 0 Å². The Morgan fingerprint density at radius 3 is 2.67 bits per heavy atom. The van der Waals surface area contributed by atoms with Crippen molar-refractivity contribution in [2.24, 2.45) is 0 Å². The molecule has 2 fully saturated rings. The summed E-state index contributed by atoms with van der Waals surface area (Å²) in [6.45, 7) is 2.19. The van der Waals surface area contributed by atoms with Gasteiger partial charge in [0.05, 0.1) is 25.2 Å². The van der Waals surface area contributed by atoms with Crippen molar-refractivity contribution in [2.75, 3.05) is 26.3 Å². The van der Waals surface area contributed by atoms with Gasteiger partial charge in [0.25, 0.3) is 5.91 Å². The normalized spacial score (nSPS) is 19.8. The van der Waals surface area contributed by atoms with E-state index < -0.39 is 11.5 Å². The van der Waals surface area contributed by atoms with Gasteiger partial charge in [-0.1, -0.05) is 0 Å². The Balaban J connectivity index is 1.54. The van der Waals surface area contributed by atoms with Gasteiger partial charge < -0.3 is 23.8 Å². The van der Waals surface area contributed by atoms with E-state index in [0.29, 0.717) is 50.6 Å². The number of aromatic amines is 1. The Labute approximate surface area is 137 Å². The summed E-state index contributed by atoms with van der Waals surface area (Å²) in [5.41, 5.74) is -0.0446. The number of piperidine rings is 1. The molecule has 0 unspecified atom stereocenters. The van der Waals surface area contributed by atoms with Crippen LogP contribution in [0.1, 0.15) is 23.3 Å². The monoisotopic (exact) mass is 331 g/mol. The van der Waals surface area contributed by atoms with Crippen LogP contribution < -0.4 is 5.69 Å². The van der Waals surface area contributed by atoms with Crippen LogP contribution in [0, 0.1) is 0 Å². The Bertz CT molecular complexity index is 782. The zero-order chi connectivity index (χ0) is 16.6. The number of ether oxygens (including phenoxy) is 2. The van der Waals surface area contributed by atoms with Gasteiger partial charge in [-0.05, 0) is 18.2 Å². The van der Waals surface area contributed by atoms with E-state index in [2.05, 4.69) is 9.97 Å². The van der Waals surface area contributed by atoms with Crippen molar-refractivity contribution in [2.45, 2.75) is 18.6 Å². The van der Waals surface area contributed by atoms with Crippen LogP contribution in [0.5, 0.6) is 0 Å². The maximum atomic E-state index is 12.7. The molecule has 2 aliphatic rings. The molecule has 1 N–H and O–H groups in total. The number of rotatable bonds is 2. The van der Waals surface area contributed by atoms with Crippen molar-refractivity contribution in [1.29, 1.82) is 0 Å². The van der Waals surface area contributed by atoms with Crippen molar-refractivity contribution in [1.82, 2.24) is 14.9 Å². The molecule has 2 saturated heterocycles. The molecule has 0 bridgehead atoms. The van der Waals surface area contributed by atoms with Crippen molar-refractivity contribution in [3.63, 3.8) is 0 Å². The van der Waals surface area contributed by atoms with Gasteiger partial charge in [0.2, 0.25) is 0 Å². The standard InChI is InChI=1S/C16H17N3O5/c20-14(19-5-3-16(4-6-19)23-8-9-24-16)12-10-11(17-15(21)18-12)13-2-1-7-22-13/h1-2,7,10H,3-6,8-9H2,(H,17,18,21). The lowest BCUT2D eigenvalue weighted by Crippen LogP contribution is -2.47. The third-order valence-electron chi connectivity index (χ3n) is 4.38. The second kappa shape index (κ2) is 5.88. The van der Waals surface area contributed by atoms with Crippen LogP contribution in [0.3, 0.4) is 0 Å². The SMILES string of the molecule is O=C(c1cc(-c2ccco2)[nH]c(=O)n1)N1CCC2(CC1)OCCO2. The second-order valence-corrected chi connectivity index (χ2v) is 5.86. The van der Waals surface area contributed by atoms with Gasteiger partial charge in [-0.25, -0.2) is 4.79 Å². The van der Waals surface area contributed by atoms with E-state index >= 15 is 0 Å². The maximum absolute atomic E-state index is 12.7. The third kappa shape index (κ3) is 2.74. The summed E-state index contributed by atoms with van der Waals surface area (Å²) in [5, 5.41) is 0. The van der Waals surface area contributed by atoms with Crippen LogP contribution in [-0.4, -0.2) is 52.9 Å². The molecular weight excluding hydrogens is 314 g/mol. The van der Waals surface area contributed by atoms with Gasteiger partial charge in [0.1, 0.15) is 11.5 Å². The van der Waals surface area contributed by atoms with Crippen LogP contribution in [0.4, 0.5) is 0 Å². The Hall–Kier alpha value is -2.45. The maximum Gasteiger partial charge on any atom is 0.346 e. The van der Waals surface area contributed by atoms with Crippen LogP contribution >= 0.6 is 0 Å². The molecule has 2 aliphatic heterocycles. The number of nitrogens with one attached hydrogen (secondary N) is 1. The number of furan rings is 1. The number of hydrogen-bond donors (Lipinski definition) is 1. The average Bonchev–Trinajstić information content (AvgIpc) is 3.27. The van der Waals surface area contributed by atoms with E-state index in [0.717, 1.165) is 0 Å². The molecule has 1 spiro atoms. The molecule has 0 aromatic carbocycles. The zero-order valence-electron chi connectivity index (χ0n) is 13.0. The lowest BCUT2D eigenvalue weighted by Gasteiger charge is -2.37. The van der Waals surface area contributed by atoms with Gasteiger partial charge in [-0.2, -0.15) is 4.98 Å². The summed E-state index contributed by atoms with van der Waals surface area (Å²) in [4.78, 5) is 32.5. The van der Waals surface area contributed by atoms with Crippen LogP contribution in [0.25, 0.3) is 11.5 Å². The summed E-state index contributed by atoms with van der Waals surface area (Å²) >= 11 is 0. The first kappa shape index (κ1) is 15.1. The van der Waals surface area contributed by atoms with E-state index in [4.69, 9.17) is 13.9 Å². The number of aromatic nitrogens is 2. The molecule has 2 aromatic rings. The second-order valence-electron chi connectivity index (χ2n) is 5.86. The first-order valence-corrected chi connectivity index (χ1v) is 7.88. The Kier molecular flexibility index (Phi) is 3.70. The first-order valence-electron chi connectivity index (χ1n) is 7.88. The highest BCUT2D eigenvalue weighted by molar-refractivity contribution is 5.93. The highest BCUT2D eigenvalue weighted by Gasteiger charge is 2.41. The fraction of sp³-hybridized carbons (Fsp3) is 0.438. The van der Waals surface area contributed by atoms with Crippen molar-refractivity contribution in [3.05, 3.63) is 40.6 Å². The number of carbonyl (C=O) groups excluding carboxylic acids is 1. The van der Waals surface area contributed by atoms with Crippen LogP contribution in [-0.2, 0) is 9.47 Å². The smallest absolute Gasteiger partial charge is 0.346 e. The number of hydrogen-bond acceptors (Lipinski definition) is 6. The zero-order valence-corrected chi connectivity index (χ0v) is 13.0. The highest BCUT2D eigenvalue weighted by Crippen LogP contribution is 2.31. The predicted molar refractivity (Wildman–Crippen MR) is 82.3 cm³/mol. The molecule has 0 saturated carbocycles. The summed E-state index contributed by atoms with van der Waals surface area (Å²) in [6.07, 6.45) is 2.74. The first-order chi connectivity index (χ1) is 11.7. The van der Waals surface area contributed by atoms with E-state index in [-0.39, 0.29) is 11.6 Å². The summed E-state index contributed by atoms with van der Waals surface area (Å²) in [7, 11) is 0. The van der Waals surface area contributed by atoms with Crippen LogP contribution in [0.2, 0.25) is 0 Å². The fourth-order valence-electron chi connectivity index (χ4n) is 3.13. The van der Waals surface area contributed by atoms with Crippen molar-refractivity contribution in [3.8, 4) is 11.5 Å². The minimum absolute atomic E-state index is 0.106. The molecule has 2 aromatic heterocycles. The summed E-state index contributed by atoms with van der Waals surface area (Å²) in [5.74, 6) is -0.340. The lowest BCUT2D eigenvalue weighted by molar-refractivity contribution is -0.181. The van der Waals surface area contributed by atoms with Crippen LogP contribution in [0.15, 0.2) is 33.7 Å². The predicted octanol–water partition coefficient (Wildman–Crippen LogP) is 1.01. The Morgan fingerprint density at radius 1 is 1.25 bits per heavy atom. The van der Waals surface area contributed by atoms with E-state index in [1.807, 2.05) is 0 Å². The molecule has 24 heavy (non-hydrogen) atoms. The van der Waals surface area contributed by atoms with Gasteiger partial charge in [-0.3, -0.25) is 4.79 Å². The number of likely N-dealkylation sites (tertiary alicyclic amines) is 1. The molecule has 0 aliphatic carbocycles. The molecule has 8 nitrogen and oxygen atoms in total. The van der Waals surface area contributed by atoms with Gasteiger partial charge in [0, 0.05) is 25.9 Å². The lowest BCUT2D eigenvalue weighted by atomic mass is 10.0. The van der Waals surface area contributed by atoms with E-state index in [9.17, 15) is 9.59 Å². The molecule has 4 heterocycles. The number of amides is 1. The molecule has 126 valence electrons. The highest BCUT2D eigenvalue weighted by atomic mass is 16.7. The largest absolute Gasteiger partial charge is 0.463 e. The average molecular weight is 331 g/mol. The Morgan fingerprint density at radius 2 is 2.00 bits per heavy atom. The minimum Gasteiger partial charge on any atom is -0.463 e. The number of carbonyl (C=O) groups is 1. The molecule has 8 heteroatoms. The van der Waals surface area contributed by atoms with Gasteiger partial charge in [0.15, 0.2) is 5.79 Å². The quantitative estimate of drug-likeness (QED) is 0.882. The van der Waals surface area contributed by atoms with E-state index in [1.54, 1.807) is 17.0 Å². The van der Waals surface area contributed by atoms with Gasteiger partial charge >= 0.3 is 5.69 Å². The third-order valence-corrected chi connectivity index (χ3v) is 4.38. The minimum atomic E-state index is -0.580. The molecule has 1 amide bonds. The number of H-pyrrole nitrogens is 1. The molecule has 4 rings (SSSR count). The van der Waals surface area contributed by atoms with E-state index in [1.165, 1.54) is 12.3 Å². The topological polar surface area (TPSA) is 97.7 Å². The summed E-state index contributed by atoms with van der Waals surface area (Å²) < 4.78 is 16.6. The fourth-order valence-corrected chi connectivity index (χ4v) is 3.13. The molecule has 0 radical (unpaired) electrons. The van der Waals surface area contributed by atoms with Crippen molar-refractivity contribution >= 4 is 5.91 Å². The number of nitrogens with zero attached hydrogens (tertiary/aromatic N) is 2. The molecular formula is C16H17N3O5. The molecule has 0 atom stereocenters. The van der Waals surface area contributed by atoms with Crippen molar-refractivity contribution < 1.29 is 18.7 Å². The summed E-state index contributed by atoms with van der Waals surface area (Å²) in [6, 6.07) is 4.95.